The van der Waals surface area contributed by atoms with Crippen LogP contribution in [0.2, 0.25) is 5.02 Å². The van der Waals surface area contributed by atoms with E-state index in [-0.39, 0.29) is 18.3 Å². The van der Waals surface area contributed by atoms with E-state index in [0.29, 0.717) is 34.7 Å². The predicted molar refractivity (Wildman–Crippen MR) is 106 cm³/mol. The molecule has 3 aromatic rings. The van der Waals surface area contributed by atoms with Gasteiger partial charge in [0.2, 0.25) is 5.91 Å². The lowest BCUT2D eigenvalue weighted by molar-refractivity contribution is -0.116. The van der Waals surface area contributed by atoms with Crippen LogP contribution in [-0.4, -0.2) is 11.0 Å². The number of rotatable bonds is 6. The number of nitrogens with one attached hydrogen (secondary N) is 1. The van der Waals surface area contributed by atoms with Crippen molar-refractivity contribution < 1.29 is 14.3 Å². The van der Waals surface area contributed by atoms with Crippen molar-refractivity contribution in [3.05, 3.63) is 88.7 Å². The smallest absolute Gasteiger partial charge is 0.224 e. The number of carbonyl (C=O) groups excluding carboxylic acids is 1. The van der Waals surface area contributed by atoms with Crippen LogP contribution in [0.15, 0.2) is 66.7 Å². The number of hydrogen-bond donors (Lipinski definition) is 2. The summed E-state index contributed by atoms with van der Waals surface area (Å²) < 4.78 is 14.0. The monoisotopic (exact) mass is 383 g/mol. The van der Waals surface area contributed by atoms with Crippen molar-refractivity contribution in [1.82, 2.24) is 0 Å². The molecule has 0 aliphatic rings. The maximum absolute atomic E-state index is 14.0. The minimum Gasteiger partial charge on any atom is -0.392 e. The lowest BCUT2D eigenvalue weighted by Crippen LogP contribution is -2.12. The van der Waals surface area contributed by atoms with Crippen LogP contribution in [0.25, 0.3) is 11.1 Å². The van der Waals surface area contributed by atoms with E-state index in [4.69, 9.17) is 16.7 Å². The quantitative estimate of drug-likeness (QED) is 0.613. The minimum absolute atomic E-state index is 0.0106. The molecule has 0 spiro atoms. The predicted octanol–water partition coefficient (Wildman–Crippen LogP) is 5.21. The average Bonchev–Trinajstić information content (AvgIpc) is 2.68. The molecule has 0 aromatic heterocycles. The minimum atomic E-state index is -0.383. The van der Waals surface area contributed by atoms with E-state index in [1.165, 1.54) is 6.07 Å². The Balaban J connectivity index is 1.58. The highest BCUT2D eigenvalue weighted by Crippen LogP contribution is 2.26. The van der Waals surface area contributed by atoms with E-state index in [1.54, 1.807) is 36.4 Å². The summed E-state index contributed by atoms with van der Waals surface area (Å²) in [5, 5.41) is 12.2. The number of aliphatic hydroxyl groups excluding tert-OH is 1. The number of anilines is 1. The van der Waals surface area contributed by atoms with Crippen LogP contribution >= 0.6 is 11.6 Å². The van der Waals surface area contributed by atoms with E-state index in [2.05, 4.69) is 5.32 Å². The first kappa shape index (κ1) is 19.1. The first-order valence-corrected chi connectivity index (χ1v) is 8.97. The normalized spacial score (nSPS) is 10.6. The second kappa shape index (κ2) is 8.80. The van der Waals surface area contributed by atoms with Crippen LogP contribution in [0.4, 0.5) is 10.1 Å². The van der Waals surface area contributed by atoms with Gasteiger partial charge in [0.25, 0.3) is 0 Å². The fourth-order valence-electron chi connectivity index (χ4n) is 2.75. The SMILES string of the molecule is O=C(CCc1ccc(CO)cc1)Nc1ccc(-c2ccc(Cl)cc2F)cc1. The highest BCUT2D eigenvalue weighted by Gasteiger charge is 2.07. The van der Waals surface area contributed by atoms with Crippen molar-refractivity contribution >= 4 is 23.2 Å². The third-order valence-corrected chi connectivity index (χ3v) is 4.49. The topological polar surface area (TPSA) is 49.3 Å². The maximum atomic E-state index is 14.0. The van der Waals surface area contributed by atoms with Crippen LogP contribution in [0.3, 0.4) is 0 Å². The summed E-state index contributed by atoms with van der Waals surface area (Å²) in [6, 6.07) is 19.1. The second-order valence-electron chi connectivity index (χ2n) is 6.22. The molecule has 0 aliphatic heterocycles. The van der Waals surface area contributed by atoms with Crippen molar-refractivity contribution in [2.24, 2.45) is 0 Å². The van der Waals surface area contributed by atoms with Crippen molar-refractivity contribution in [1.29, 1.82) is 0 Å². The Hall–Kier alpha value is -2.69. The van der Waals surface area contributed by atoms with Gasteiger partial charge < -0.3 is 10.4 Å². The lowest BCUT2D eigenvalue weighted by atomic mass is 10.0. The molecule has 3 nitrogen and oxygen atoms in total. The van der Waals surface area contributed by atoms with Crippen LogP contribution in [0.5, 0.6) is 0 Å². The highest BCUT2D eigenvalue weighted by atomic mass is 35.5. The summed E-state index contributed by atoms with van der Waals surface area (Å²) in [4.78, 5) is 12.1. The fraction of sp³-hybridized carbons (Fsp3) is 0.136. The molecule has 0 saturated carbocycles. The standard InChI is InChI=1S/C22H19ClFNO2/c23-18-8-11-20(21(24)13-18)17-6-9-19(10-7-17)25-22(27)12-5-15-1-3-16(14-26)4-2-15/h1-4,6-11,13,26H,5,12,14H2,(H,25,27). The van der Waals surface area contributed by atoms with Gasteiger partial charge in [-0.1, -0.05) is 48.0 Å². The van der Waals surface area contributed by atoms with Crippen molar-refractivity contribution in [3.8, 4) is 11.1 Å². The Bertz CT molecular complexity index is 924. The number of carbonyl (C=O) groups is 1. The van der Waals surface area contributed by atoms with Gasteiger partial charge in [-0.2, -0.15) is 0 Å². The molecule has 0 heterocycles. The van der Waals surface area contributed by atoms with E-state index < -0.39 is 0 Å². The number of benzene rings is 3. The van der Waals surface area contributed by atoms with Crippen LogP contribution < -0.4 is 5.32 Å². The van der Waals surface area contributed by atoms with Crippen molar-refractivity contribution in [2.75, 3.05) is 5.32 Å². The molecule has 3 rings (SSSR count). The molecule has 0 radical (unpaired) electrons. The zero-order valence-corrected chi connectivity index (χ0v) is 15.3. The Morgan fingerprint density at radius 2 is 1.63 bits per heavy atom. The zero-order chi connectivity index (χ0) is 19.2. The third kappa shape index (κ3) is 5.16. The van der Waals surface area contributed by atoms with Gasteiger partial charge in [-0.25, -0.2) is 4.39 Å². The highest BCUT2D eigenvalue weighted by molar-refractivity contribution is 6.30. The Morgan fingerprint density at radius 1 is 0.963 bits per heavy atom. The summed E-state index contributed by atoms with van der Waals surface area (Å²) in [5.41, 5.74) is 3.72. The Morgan fingerprint density at radius 3 is 2.26 bits per heavy atom. The fourth-order valence-corrected chi connectivity index (χ4v) is 2.91. The summed E-state index contributed by atoms with van der Waals surface area (Å²) in [7, 11) is 0. The number of hydrogen-bond acceptors (Lipinski definition) is 2. The molecule has 3 aromatic carbocycles. The third-order valence-electron chi connectivity index (χ3n) is 4.26. The molecule has 0 saturated heterocycles. The van der Waals surface area contributed by atoms with E-state index in [9.17, 15) is 9.18 Å². The van der Waals surface area contributed by atoms with Gasteiger partial charge in [-0.3, -0.25) is 4.79 Å². The van der Waals surface area contributed by atoms with Crippen molar-refractivity contribution in [3.63, 3.8) is 0 Å². The van der Waals surface area contributed by atoms with E-state index in [1.807, 2.05) is 24.3 Å². The maximum Gasteiger partial charge on any atom is 0.224 e. The number of aryl methyl sites for hydroxylation is 1. The van der Waals surface area contributed by atoms with E-state index >= 15 is 0 Å². The summed E-state index contributed by atoms with van der Waals surface area (Å²) in [6.45, 7) is 0.0106. The van der Waals surface area contributed by atoms with E-state index in [0.717, 1.165) is 11.1 Å². The molecule has 0 aliphatic carbocycles. The first-order chi connectivity index (χ1) is 13.0. The van der Waals surface area contributed by atoms with Gasteiger partial charge in [0.15, 0.2) is 0 Å². The molecule has 0 fully saturated rings. The van der Waals surface area contributed by atoms with Crippen LogP contribution in [-0.2, 0) is 17.8 Å². The second-order valence-corrected chi connectivity index (χ2v) is 6.66. The summed E-state index contributed by atoms with van der Waals surface area (Å²) in [5.74, 6) is -0.474. The van der Waals surface area contributed by atoms with Gasteiger partial charge in [0, 0.05) is 22.7 Å². The molecule has 27 heavy (non-hydrogen) atoms. The molecule has 5 heteroatoms. The van der Waals surface area contributed by atoms with Crippen LogP contribution in [0.1, 0.15) is 17.5 Å². The van der Waals surface area contributed by atoms with Gasteiger partial charge in [-0.15, -0.1) is 0 Å². The van der Waals surface area contributed by atoms with Crippen LogP contribution in [0, 0.1) is 5.82 Å². The van der Waals surface area contributed by atoms with Gasteiger partial charge in [0.1, 0.15) is 5.82 Å². The molecule has 2 N–H and O–H groups in total. The molecule has 0 unspecified atom stereocenters. The summed E-state index contributed by atoms with van der Waals surface area (Å²) in [6.07, 6.45) is 0.970. The van der Waals surface area contributed by atoms with Crippen molar-refractivity contribution in [2.45, 2.75) is 19.4 Å². The van der Waals surface area contributed by atoms with Gasteiger partial charge in [0.05, 0.1) is 6.61 Å². The average molecular weight is 384 g/mol. The zero-order valence-electron chi connectivity index (χ0n) is 14.6. The van der Waals surface area contributed by atoms with Gasteiger partial charge >= 0.3 is 0 Å². The van der Waals surface area contributed by atoms with Gasteiger partial charge in [-0.05, 0) is 53.4 Å². The molecule has 0 bridgehead atoms. The molecular formula is C22H19ClFNO2. The summed E-state index contributed by atoms with van der Waals surface area (Å²) >= 11 is 5.78. The Kier molecular flexibility index (Phi) is 6.22. The first-order valence-electron chi connectivity index (χ1n) is 8.59. The molecule has 0 atom stereocenters. The molecule has 138 valence electrons. The Labute approximate surface area is 162 Å². The number of halogens is 2. The molecular weight excluding hydrogens is 365 g/mol. The number of aliphatic hydroxyl groups is 1. The largest absolute Gasteiger partial charge is 0.392 e. The lowest BCUT2D eigenvalue weighted by Gasteiger charge is -2.08. The molecule has 1 amide bonds. The number of amides is 1.